The molecule has 0 saturated carbocycles. The third-order valence-corrected chi connectivity index (χ3v) is 4.80. The van der Waals surface area contributed by atoms with Gasteiger partial charge in [0.1, 0.15) is 0 Å². The van der Waals surface area contributed by atoms with E-state index in [1.807, 2.05) is 37.3 Å². The van der Waals surface area contributed by atoms with E-state index < -0.39 is 23.6 Å². The minimum atomic E-state index is -4.51. The summed E-state index contributed by atoms with van der Waals surface area (Å²) in [6.45, 7) is 1.89. The van der Waals surface area contributed by atoms with Gasteiger partial charge < -0.3 is 10.6 Å². The fourth-order valence-electron chi connectivity index (χ4n) is 3.24. The number of benzene rings is 3. The van der Waals surface area contributed by atoms with Crippen LogP contribution in [0.15, 0.2) is 78.9 Å². The van der Waals surface area contributed by atoms with Gasteiger partial charge in [0.05, 0.1) is 22.7 Å². The maximum Gasteiger partial charge on any atom is 0.416 e. The van der Waals surface area contributed by atoms with Crippen molar-refractivity contribution < 1.29 is 22.8 Å². The molecule has 4 nitrogen and oxygen atoms in total. The summed E-state index contributed by atoms with van der Waals surface area (Å²) in [6.07, 6.45) is -3.95. The van der Waals surface area contributed by atoms with Crippen molar-refractivity contribution in [1.29, 1.82) is 0 Å². The van der Waals surface area contributed by atoms with E-state index in [1.54, 1.807) is 18.2 Å². The number of hydrogen-bond donors (Lipinski definition) is 2. The summed E-state index contributed by atoms with van der Waals surface area (Å²) >= 11 is 0. The van der Waals surface area contributed by atoms with Gasteiger partial charge in [-0.3, -0.25) is 9.59 Å². The van der Waals surface area contributed by atoms with Crippen LogP contribution in [0.2, 0.25) is 0 Å². The number of anilines is 2. The van der Waals surface area contributed by atoms with Gasteiger partial charge in [-0.05, 0) is 42.3 Å². The summed E-state index contributed by atoms with van der Waals surface area (Å²) in [6, 6.07) is 20.0. The van der Waals surface area contributed by atoms with Gasteiger partial charge in [0.25, 0.3) is 5.91 Å². The van der Waals surface area contributed by atoms with Crippen molar-refractivity contribution in [2.45, 2.75) is 25.4 Å². The summed E-state index contributed by atoms with van der Waals surface area (Å²) in [5.41, 5.74) is 0.438. The molecule has 160 valence electrons. The average molecular weight is 426 g/mol. The second-order valence-electron chi connectivity index (χ2n) is 6.94. The monoisotopic (exact) mass is 426 g/mol. The van der Waals surface area contributed by atoms with Crippen LogP contribution in [-0.4, -0.2) is 11.8 Å². The maximum absolute atomic E-state index is 12.9. The van der Waals surface area contributed by atoms with Crippen molar-refractivity contribution in [3.8, 4) is 0 Å². The lowest BCUT2D eigenvalue weighted by atomic mass is 9.95. The SMILES string of the molecule is CC[C@H](C(=O)Nc1ccccc1C(=O)Nc1cccc(C(F)(F)F)c1)c1ccccc1. The molecule has 0 saturated heterocycles. The molecule has 2 amide bonds. The van der Waals surface area contributed by atoms with Crippen LogP contribution in [-0.2, 0) is 11.0 Å². The van der Waals surface area contributed by atoms with Gasteiger partial charge in [0, 0.05) is 5.69 Å². The van der Waals surface area contributed by atoms with Crippen LogP contribution in [0.3, 0.4) is 0 Å². The van der Waals surface area contributed by atoms with Crippen LogP contribution in [0.4, 0.5) is 24.5 Å². The molecule has 7 heteroatoms. The predicted octanol–water partition coefficient (Wildman–Crippen LogP) is 6.09. The number of para-hydroxylation sites is 1. The Labute approximate surface area is 178 Å². The van der Waals surface area contributed by atoms with Crippen LogP contribution in [0.1, 0.15) is 40.7 Å². The molecule has 0 bridgehead atoms. The van der Waals surface area contributed by atoms with E-state index in [-0.39, 0.29) is 22.8 Å². The highest BCUT2D eigenvalue weighted by molar-refractivity contribution is 6.10. The minimum absolute atomic E-state index is 0.0108. The van der Waals surface area contributed by atoms with Crippen molar-refractivity contribution in [3.05, 3.63) is 95.6 Å². The zero-order chi connectivity index (χ0) is 22.4. The molecule has 0 aliphatic rings. The molecule has 1 atom stereocenters. The predicted molar refractivity (Wildman–Crippen MR) is 114 cm³/mol. The van der Waals surface area contributed by atoms with Gasteiger partial charge in [-0.2, -0.15) is 13.2 Å². The van der Waals surface area contributed by atoms with Gasteiger partial charge in [-0.15, -0.1) is 0 Å². The highest BCUT2D eigenvalue weighted by Crippen LogP contribution is 2.31. The largest absolute Gasteiger partial charge is 0.416 e. The van der Waals surface area contributed by atoms with Gasteiger partial charge in [0.2, 0.25) is 5.91 Å². The lowest BCUT2D eigenvalue weighted by molar-refractivity contribution is -0.137. The molecule has 0 aromatic heterocycles. The number of rotatable bonds is 6. The smallest absolute Gasteiger partial charge is 0.325 e. The summed E-state index contributed by atoms with van der Waals surface area (Å²) in [4.78, 5) is 25.6. The molecule has 3 rings (SSSR count). The van der Waals surface area contributed by atoms with Gasteiger partial charge >= 0.3 is 6.18 Å². The molecule has 3 aromatic rings. The van der Waals surface area contributed by atoms with E-state index in [0.29, 0.717) is 6.42 Å². The molecule has 0 unspecified atom stereocenters. The number of carbonyl (C=O) groups is 2. The Bertz CT molecular complexity index is 1070. The molecule has 2 N–H and O–H groups in total. The van der Waals surface area contributed by atoms with Crippen LogP contribution in [0, 0.1) is 0 Å². The van der Waals surface area contributed by atoms with Crippen molar-refractivity contribution in [1.82, 2.24) is 0 Å². The van der Waals surface area contributed by atoms with E-state index in [2.05, 4.69) is 10.6 Å². The highest BCUT2D eigenvalue weighted by atomic mass is 19.4. The van der Waals surface area contributed by atoms with E-state index >= 15 is 0 Å². The summed E-state index contributed by atoms with van der Waals surface area (Å²) in [7, 11) is 0. The van der Waals surface area contributed by atoms with Gasteiger partial charge in [0.15, 0.2) is 0 Å². The molecular formula is C24H21F3N2O2. The number of alkyl halides is 3. The first kappa shape index (κ1) is 22.1. The molecule has 0 radical (unpaired) electrons. The van der Waals surface area contributed by atoms with Crippen LogP contribution < -0.4 is 10.6 Å². The fourth-order valence-corrected chi connectivity index (χ4v) is 3.24. The zero-order valence-electron chi connectivity index (χ0n) is 16.7. The first-order valence-electron chi connectivity index (χ1n) is 9.73. The summed E-state index contributed by atoms with van der Waals surface area (Å²) < 4.78 is 38.8. The Morgan fingerprint density at radius 1 is 0.871 bits per heavy atom. The highest BCUT2D eigenvalue weighted by Gasteiger charge is 2.30. The quantitative estimate of drug-likeness (QED) is 0.501. The van der Waals surface area contributed by atoms with Crippen LogP contribution in [0.25, 0.3) is 0 Å². The van der Waals surface area contributed by atoms with Crippen molar-refractivity contribution in [2.24, 2.45) is 0 Å². The topological polar surface area (TPSA) is 58.2 Å². The van der Waals surface area contributed by atoms with Crippen molar-refractivity contribution in [3.63, 3.8) is 0 Å². The van der Waals surface area contributed by atoms with Crippen molar-refractivity contribution in [2.75, 3.05) is 10.6 Å². The minimum Gasteiger partial charge on any atom is -0.325 e. The number of amides is 2. The van der Waals surface area contributed by atoms with Crippen LogP contribution in [0.5, 0.6) is 0 Å². The molecule has 0 aliphatic heterocycles. The molecular weight excluding hydrogens is 405 g/mol. The molecule has 31 heavy (non-hydrogen) atoms. The third-order valence-electron chi connectivity index (χ3n) is 4.80. The second kappa shape index (κ2) is 9.47. The Balaban J connectivity index is 1.80. The fraction of sp³-hybridized carbons (Fsp3) is 0.167. The molecule has 0 fully saturated rings. The van der Waals surface area contributed by atoms with E-state index in [9.17, 15) is 22.8 Å². The first-order chi connectivity index (χ1) is 14.8. The Kier molecular flexibility index (Phi) is 6.74. The lowest BCUT2D eigenvalue weighted by Crippen LogP contribution is -2.23. The average Bonchev–Trinajstić information content (AvgIpc) is 2.75. The van der Waals surface area contributed by atoms with E-state index in [1.165, 1.54) is 18.2 Å². The maximum atomic E-state index is 12.9. The van der Waals surface area contributed by atoms with Gasteiger partial charge in [-0.25, -0.2) is 0 Å². The van der Waals surface area contributed by atoms with Crippen molar-refractivity contribution >= 4 is 23.2 Å². The normalized spacial score (nSPS) is 12.1. The molecule has 0 aliphatic carbocycles. The van der Waals surface area contributed by atoms with Crippen LogP contribution >= 0.6 is 0 Å². The zero-order valence-corrected chi connectivity index (χ0v) is 16.7. The molecule has 0 heterocycles. The van der Waals surface area contributed by atoms with E-state index in [4.69, 9.17) is 0 Å². The van der Waals surface area contributed by atoms with Gasteiger partial charge in [-0.1, -0.05) is 55.5 Å². The van der Waals surface area contributed by atoms with E-state index in [0.717, 1.165) is 17.7 Å². The molecule has 0 spiro atoms. The summed E-state index contributed by atoms with van der Waals surface area (Å²) in [5, 5.41) is 5.25. The number of carbonyl (C=O) groups excluding carboxylic acids is 2. The Morgan fingerprint density at radius 3 is 2.23 bits per heavy atom. The summed E-state index contributed by atoms with van der Waals surface area (Å²) in [5.74, 6) is -1.29. The lowest BCUT2D eigenvalue weighted by Gasteiger charge is -2.17. The number of halogens is 3. The number of nitrogens with one attached hydrogen (secondary N) is 2. The third kappa shape index (κ3) is 5.51. The Hall–Kier alpha value is -3.61. The molecule has 3 aromatic carbocycles. The number of hydrogen-bond acceptors (Lipinski definition) is 2. The standard InChI is InChI=1S/C24H21F3N2O2/c1-2-19(16-9-4-3-5-10-16)22(30)29-21-14-7-6-13-20(21)23(31)28-18-12-8-11-17(15-18)24(25,26)27/h3-15,19H,2H2,1H3,(H,28,31)(H,29,30)/t19-/m0/s1. The first-order valence-corrected chi connectivity index (χ1v) is 9.73. The Morgan fingerprint density at radius 2 is 1.55 bits per heavy atom. The second-order valence-corrected chi connectivity index (χ2v) is 6.94.